The molecule has 0 heterocycles. The van der Waals surface area contributed by atoms with Crippen molar-refractivity contribution < 1.29 is 14.2 Å². The fraction of sp³-hybridized carbons (Fsp3) is 0.435. The SMILES string of the molecule is CCNC(=NCc1ccc(COC)cc1)N(C)CCc1ccc(OC)c(OC)c1.I. The largest absolute Gasteiger partial charge is 0.493 e. The number of nitrogens with zero attached hydrogens (tertiary/aromatic N) is 2. The Morgan fingerprint density at radius 3 is 2.17 bits per heavy atom. The fourth-order valence-electron chi connectivity index (χ4n) is 2.98. The van der Waals surface area contributed by atoms with Gasteiger partial charge >= 0.3 is 0 Å². The highest BCUT2D eigenvalue weighted by Gasteiger charge is 2.08. The second kappa shape index (κ2) is 14.1. The van der Waals surface area contributed by atoms with E-state index in [1.165, 1.54) is 16.7 Å². The maximum absolute atomic E-state index is 5.40. The lowest BCUT2D eigenvalue weighted by Gasteiger charge is -2.22. The number of hydrogen-bond acceptors (Lipinski definition) is 4. The topological polar surface area (TPSA) is 55.3 Å². The number of hydrogen-bond donors (Lipinski definition) is 1. The summed E-state index contributed by atoms with van der Waals surface area (Å²) >= 11 is 0. The minimum atomic E-state index is 0. The number of likely N-dealkylation sites (N-methyl/N-ethyl adjacent to an activating group) is 1. The summed E-state index contributed by atoms with van der Waals surface area (Å²) in [4.78, 5) is 6.94. The van der Waals surface area contributed by atoms with Crippen LogP contribution >= 0.6 is 24.0 Å². The van der Waals surface area contributed by atoms with Crippen molar-refractivity contribution in [3.63, 3.8) is 0 Å². The van der Waals surface area contributed by atoms with E-state index in [1.807, 2.05) is 12.1 Å². The van der Waals surface area contributed by atoms with E-state index in [0.29, 0.717) is 13.2 Å². The fourth-order valence-corrected chi connectivity index (χ4v) is 2.98. The van der Waals surface area contributed by atoms with Crippen molar-refractivity contribution >= 4 is 29.9 Å². The van der Waals surface area contributed by atoms with E-state index in [0.717, 1.165) is 37.0 Å². The highest BCUT2D eigenvalue weighted by atomic mass is 127. The number of methoxy groups -OCH3 is 3. The van der Waals surface area contributed by atoms with Gasteiger partial charge in [0.15, 0.2) is 17.5 Å². The van der Waals surface area contributed by atoms with Crippen LogP contribution in [-0.2, 0) is 24.3 Å². The van der Waals surface area contributed by atoms with Crippen molar-refractivity contribution in [1.29, 1.82) is 0 Å². The first-order valence-corrected chi connectivity index (χ1v) is 9.88. The Kier molecular flexibility index (Phi) is 12.2. The van der Waals surface area contributed by atoms with Crippen molar-refractivity contribution in [1.82, 2.24) is 10.2 Å². The molecular formula is C23H34IN3O3. The Hall–Kier alpha value is -2.00. The third-order valence-corrected chi connectivity index (χ3v) is 4.63. The smallest absolute Gasteiger partial charge is 0.193 e. The van der Waals surface area contributed by atoms with Crippen LogP contribution in [0.4, 0.5) is 0 Å². The van der Waals surface area contributed by atoms with Crippen LogP contribution in [0.2, 0.25) is 0 Å². The maximum atomic E-state index is 5.40. The van der Waals surface area contributed by atoms with E-state index >= 15 is 0 Å². The van der Waals surface area contributed by atoms with Crippen LogP contribution in [0.1, 0.15) is 23.6 Å². The molecule has 0 aromatic heterocycles. The lowest BCUT2D eigenvalue weighted by Crippen LogP contribution is -2.39. The standard InChI is InChI=1S/C23H33N3O3.HI/c1-6-24-23(25-16-19-7-9-20(10-8-19)17-27-3)26(2)14-13-18-11-12-21(28-4)22(15-18)29-5;/h7-12,15H,6,13-14,16-17H2,1-5H3,(H,24,25);1H. The van der Waals surface area contributed by atoms with Gasteiger partial charge in [-0.05, 0) is 42.2 Å². The van der Waals surface area contributed by atoms with Crippen molar-refractivity contribution in [3.8, 4) is 11.5 Å². The molecule has 0 unspecified atom stereocenters. The van der Waals surface area contributed by atoms with Crippen LogP contribution in [0.5, 0.6) is 11.5 Å². The molecule has 30 heavy (non-hydrogen) atoms. The molecule has 0 saturated carbocycles. The Labute approximate surface area is 197 Å². The van der Waals surface area contributed by atoms with Crippen LogP contribution in [0, 0.1) is 0 Å². The zero-order chi connectivity index (χ0) is 21.1. The summed E-state index contributed by atoms with van der Waals surface area (Å²) in [6, 6.07) is 14.4. The molecule has 166 valence electrons. The van der Waals surface area contributed by atoms with Gasteiger partial charge in [-0.2, -0.15) is 0 Å². The molecular weight excluding hydrogens is 493 g/mol. The van der Waals surface area contributed by atoms with Crippen LogP contribution in [0.25, 0.3) is 0 Å². The first-order valence-electron chi connectivity index (χ1n) is 9.88. The zero-order valence-electron chi connectivity index (χ0n) is 18.6. The molecule has 2 rings (SSSR count). The predicted molar refractivity (Wildman–Crippen MR) is 133 cm³/mol. The molecule has 1 N–H and O–H groups in total. The second-order valence-corrected chi connectivity index (χ2v) is 6.78. The van der Waals surface area contributed by atoms with Gasteiger partial charge in [0.2, 0.25) is 0 Å². The first kappa shape index (κ1) is 26.0. The number of benzene rings is 2. The summed E-state index contributed by atoms with van der Waals surface area (Å²) in [6.45, 7) is 5.01. The van der Waals surface area contributed by atoms with Gasteiger partial charge in [0, 0.05) is 27.2 Å². The highest BCUT2D eigenvalue weighted by molar-refractivity contribution is 14.0. The Morgan fingerprint density at radius 1 is 0.933 bits per heavy atom. The molecule has 2 aromatic rings. The summed E-state index contributed by atoms with van der Waals surface area (Å²) in [6.07, 6.45) is 0.882. The lowest BCUT2D eigenvalue weighted by molar-refractivity contribution is 0.185. The molecule has 0 aliphatic heterocycles. The molecule has 2 aromatic carbocycles. The number of ether oxygens (including phenoxy) is 3. The van der Waals surface area contributed by atoms with E-state index in [4.69, 9.17) is 19.2 Å². The molecule has 0 atom stereocenters. The molecule has 0 aliphatic rings. The highest BCUT2D eigenvalue weighted by Crippen LogP contribution is 2.27. The summed E-state index contributed by atoms with van der Waals surface area (Å²) in [5.74, 6) is 2.40. The van der Waals surface area contributed by atoms with Gasteiger partial charge in [-0.15, -0.1) is 24.0 Å². The van der Waals surface area contributed by atoms with E-state index in [9.17, 15) is 0 Å². The molecule has 0 radical (unpaired) electrons. The maximum Gasteiger partial charge on any atom is 0.193 e. The van der Waals surface area contributed by atoms with Gasteiger partial charge in [0.1, 0.15) is 0 Å². The van der Waals surface area contributed by atoms with Crippen LogP contribution in [0.15, 0.2) is 47.5 Å². The quantitative estimate of drug-likeness (QED) is 0.287. The molecule has 0 bridgehead atoms. The monoisotopic (exact) mass is 527 g/mol. The van der Waals surface area contributed by atoms with E-state index < -0.39 is 0 Å². The normalized spacial score (nSPS) is 10.9. The predicted octanol–water partition coefficient (Wildman–Crippen LogP) is 4.11. The number of rotatable bonds is 10. The van der Waals surface area contributed by atoms with E-state index in [1.54, 1.807) is 21.3 Å². The molecule has 0 aliphatic carbocycles. The molecule has 0 amide bonds. The Balaban J connectivity index is 0.00000450. The van der Waals surface area contributed by atoms with Crippen LogP contribution < -0.4 is 14.8 Å². The van der Waals surface area contributed by atoms with Crippen molar-refractivity contribution in [2.24, 2.45) is 4.99 Å². The van der Waals surface area contributed by atoms with Gasteiger partial charge in [-0.1, -0.05) is 30.3 Å². The summed E-state index contributed by atoms with van der Waals surface area (Å²) < 4.78 is 15.9. The second-order valence-electron chi connectivity index (χ2n) is 6.78. The van der Waals surface area contributed by atoms with Crippen LogP contribution in [0.3, 0.4) is 0 Å². The van der Waals surface area contributed by atoms with Gasteiger partial charge in [0.05, 0.1) is 27.4 Å². The minimum absolute atomic E-state index is 0. The molecule has 0 spiro atoms. The minimum Gasteiger partial charge on any atom is -0.493 e. The van der Waals surface area contributed by atoms with Crippen molar-refractivity contribution in [3.05, 3.63) is 59.2 Å². The van der Waals surface area contributed by atoms with Gasteiger partial charge in [-0.3, -0.25) is 0 Å². The summed E-state index contributed by atoms with van der Waals surface area (Å²) in [7, 11) is 7.07. The average Bonchev–Trinajstić information content (AvgIpc) is 2.75. The average molecular weight is 527 g/mol. The van der Waals surface area contributed by atoms with Crippen LogP contribution in [-0.4, -0.2) is 52.3 Å². The lowest BCUT2D eigenvalue weighted by atomic mass is 10.1. The number of guanidine groups is 1. The molecule has 6 nitrogen and oxygen atoms in total. The van der Waals surface area contributed by atoms with Crippen molar-refractivity contribution in [2.75, 3.05) is 41.5 Å². The summed E-state index contributed by atoms with van der Waals surface area (Å²) in [5, 5.41) is 3.37. The first-order chi connectivity index (χ1) is 14.1. The number of aliphatic imine (C=N–C) groups is 1. The molecule has 0 saturated heterocycles. The van der Waals surface area contributed by atoms with E-state index in [2.05, 4.69) is 54.5 Å². The summed E-state index contributed by atoms with van der Waals surface area (Å²) in [5.41, 5.74) is 3.53. The Morgan fingerprint density at radius 2 is 1.57 bits per heavy atom. The third kappa shape index (κ3) is 8.02. The number of halogens is 1. The van der Waals surface area contributed by atoms with Gasteiger partial charge < -0.3 is 24.4 Å². The van der Waals surface area contributed by atoms with Gasteiger partial charge in [-0.25, -0.2) is 4.99 Å². The van der Waals surface area contributed by atoms with E-state index in [-0.39, 0.29) is 24.0 Å². The zero-order valence-corrected chi connectivity index (χ0v) is 20.9. The third-order valence-electron chi connectivity index (χ3n) is 4.63. The van der Waals surface area contributed by atoms with Crippen molar-refractivity contribution in [2.45, 2.75) is 26.5 Å². The Bertz CT molecular complexity index is 782. The van der Waals surface area contributed by atoms with Gasteiger partial charge in [0.25, 0.3) is 0 Å². The molecule has 0 fully saturated rings. The molecule has 7 heteroatoms. The number of nitrogens with one attached hydrogen (secondary N) is 1.